The van der Waals surface area contributed by atoms with Crippen LogP contribution in [0.15, 0.2) is 60.2 Å². The van der Waals surface area contributed by atoms with Crippen LogP contribution in [0.25, 0.3) is 10.6 Å². The lowest BCUT2D eigenvalue weighted by Crippen LogP contribution is -2.39. The lowest BCUT2D eigenvalue weighted by Gasteiger charge is -2.31. The van der Waals surface area contributed by atoms with E-state index in [1.807, 2.05) is 22.4 Å². The predicted octanol–water partition coefficient (Wildman–Crippen LogP) is 4.30. The molecule has 3 aromatic rings. The fraction of sp³-hybridized carbons (Fsp3) is 0.286. The van der Waals surface area contributed by atoms with Crippen molar-refractivity contribution in [3.05, 3.63) is 71.5 Å². The Morgan fingerprint density at radius 2 is 1.92 bits per heavy atom. The lowest BCUT2D eigenvalue weighted by molar-refractivity contribution is 0.0685. The van der Waals surface area contributed by atoms with Gasteiger partial charge in [-0.3, -0.25) is 9.78 Å². The number of thiazole rings is 1. The zero-order valence-electron chi connectivity index (χ0n) is 14.5. The van der Waals surface area contributed by atoms with Crippen LogP contribution in [0.1, 0.15) is 28.9 Å². The van der Waals surface area contributed by atoms with Crippen LogP contribution in [0, 0.1) is 5.92 Å². The molecular formula is C21H21N3OS. The maximum atomic E-state index is 12.8. The first-order chi connectivity index (χ1) is 12.8. The van der Waals surface area contributed by atoms with Gasteiger partial charge in [-0.2, -0.15) is 0 Å². The van der Waals surface area contributed by atoms with Crippen molar-refractivity contribution >= 4 is 17.2 Å². The van der Waals surface area contributed by atoms with Gasteiger partial charge < -0.3 is 4.90 Å². The second-order valence-corrected chi connectivity index (χ2v) is 7.56. The Kier molecular flexibility index (Phi) is 5.07. The van der Waals surface area contributed by atoms with Crippen LogP contribution in [0.3, 0.4) is 0 Å². The smallest absolute Gasteiger partial charge is 0.273 e. The topological polar surface area (TPSA) is 46.1 Å². The molecule has 1 fully saturated rings. The summed E-state index contributed by atoms with van der Waals surface area (Å²) in [6.45, 7) is 1.63. The standard InChI is InChI=1S/C21H21N3OS/c25-21(19-15-26-20(23-19)18-7-4-10-22-14-18)24-11-8-17(9-12-24)13-16-5-2-1-3-6-16/h1-7,10,14-15,17H,8-9,11-13H2. The van der Waals surface area contributed by atoms with Crippen molar-refractivity contribution in [1.29, 1.82) is 0 Å². The largest absolute Gasteiger partial charge is 0.337 e. The van der Waals surface area contributed by atoms with Crippen LogP contribution in [0.2, 0.25) is 0 Å². The van der Waals surface area contributed by atoms with E-state index in [0.717, 1.165) is 42.9 Å². The number of likely N-dealkylation sites (tertiary alicyclic amines) is 1. The van der Waals surface area contributed by atoms with Crippen molar-refractivity contribution in [2.75, 3.05) is 13.1 Å². The number of hydrogen-bond donors (Lipinski definition) is 0. The van der Waals surface area contributed by atoms with Gasteiger partial charge in [0.1, 0.15) is 10.7 Å². The highest BCUT2D eigenvalue weighted by molar-refractivity contribution is 7.13. The van der Waals surface area contributed by atoms with Gasteiger partial charge in [0.15, 0.2) is 0 Å². The molecule has 0 radical (unpaired) electrons. The average molecular weight is 363 g/mol. The van der Waals surface area contributed by atoms with Crippen LogP contribution in [0.4, 0.5) is 0 Å². The number of nitrogens with zero attached hydrogens (tertiary/aromatic N) is 3. The van der Waals surface area contributed by atoms with Crippen molar-refractivity contribution < 1.29 is 4.79 Å². The van der Waals surface area contributed by atoms with Gasteiger partial charge in [-0.05, 0) is 42.9 Å². The number of pyridine rings is 1. The van der Waals surface area contributed by atoms with Gasteiger partial charge in [-0.25, -0.2) is 4.98 Å². The third kappa shape index (κ3) is 3.83. The van der Waals surface area contributed by atoms with E-state index in [-0.39, 0.29) is 5.91 Å². The maximum absolute atomic E-state index is 12.8. The number of carbonyl (C=O) groups is 1. The van der Waals surface area contributed by atoms with E-state index in [4.69, 9.17) is 0 Å². The Labute approximate surface area is 157 Å². The first-order valence-corrected chi connectivity index (χ1v) is 9.86. The number of carbonyl (C=O) groups excluding carboxylic acids is 1. The minimum Gasteiger partial charge on any atom is -0.337 e. The molecule has 0 spiro atoms. The molecule has 4 rings (SSSR count). The quantitative estimate of drug-likeness (QED) is 0.694. The number of hydrogen-bond acceptors (Lipinski definition) is 4. The fourth-order valence-electron chi connectivity index (χ4n) is 3.44. The van der Waals surface area contributed by atoms with E-state index in [2.05, 4.69) is 40.3 Å². The van der Waals surface area contributed by atoms with Crippen LogP contribution in [-0.2, 0) is 6.42 Å². The Morgan fingerprint density at radius 1 is 1.12 bits per heavy atom. The summed E-state index contributed by atoms with van der Waals surface area (Å²) < 4.78 is 0. The third-order valence-corrected chi connectivity index (χ3v) is 5.79. The molecule has 0 N–H and O–H groups in total. The molecule has 1 aromatic carbocycles. The lowest BCUT2D eigenvalue weighted by atomic mass is 9.90. The summed E-state index contributed by atoms with van der Waals surface area (Å²) in [4.78, 5) is 23.4. The van der Waals surface area contributed by atoms with Crippen LogP contribution >= 0.6 is 11.3 Å². The fourth-order valence-corrected chi connectivity index (χ4v) is 4.23. The molecule has 5 heteroatoms. The predicted molar refractivity (Wildman–Crippen MR) is 104 cm³/mol. The molecule has 4 nitrogen and oxygen atoms in total. The average Bonchev–Trinajstić information content (AvgIpc) is 3.20. The molecule has 0 aliphatic carbocycles. The van der Waals surface area contributed by atoms with E-state index >= 15 is 0 Å². The third-order valence-electron chi connectivity index (χ3n) is 4.90. The van der Waals surface area contributed by atoms with Gasteiger partial charge in [0.25, 0.3) is 5.91 Å². The number of amides is 1. The number of rotatable bonds is 4. The summed E-state index contributed by atoms with van der Waals surface area (Å²) in [7, 11) is 0. The summed E-state index contributed by atoms with van der Waals surface area (Å²) in [6.07, 6.45) is 6.73. The molecule has 0 saturated carbocycles. The van der Waals surface area contributed by atoms with Gasteiger partial charge in [0, 0.05) is 36.4 Å². The summed E-state index contributed by atoms with van der Waals surface area (Å²) >= 11 is 1.50. The maximum Gasteiger partial charge on any atom is 0.273 e. The molecule has 2 aromatic heterocycles. The van der Waals surface area contributed by atoms with Gasteiger partial charge >= 0.3 is 0 Å². The SMILES string of the molecule is O=C(c1csc(-c2cccnc2)n1)N1CCC(Cc2ccccc2)CC1. The van der Waals surface area contributed by atoms with Crippen molar-refractivity contribution in [1.82, 2.24) is 14.9 Å². The number of benzene rings is 1. The minimum atomic E-state index is 0.0505. The Balaban J connectivity index is 1.36. The molecular weight excluding hydrogens is 342 g/mol. The molecule has 1 saturated heterocycles. The monoisotopic (exact) mass is 363 g/mol. The number of aromatic nitrogens is 2. The molecule has 1 amide bonds. The zero-order valence-corrected chi connectivity index (χ0v) is 15.4. The summed E-state index contributed by atoms with van der Waals surface area (Å²) in [5.41, 5.74) is 2.89. The summed E-state index contributed by atoms with van der Waals surface area (Å²) in [5.74, 6) is 0.706. The molecule has 0 bridgehead atoms. The molecule has 3 heterocycles. The Morgan fingerprint density at radius 3 is 2.65 bits per heavy atom. The van der Waals surface area contributed by atoms with Gasteiger partial charge in [0.05, 0.1) is 0 Å². The van der Waals surface area contributed by atoms with Crippen LogP contribution < -0.4 is 0 Å². The van der Waals surface area contributed by atoms with Gasteiger partial charge in [-0.1, -0.05) is 30.3 Å². The van der Waals surface area contributed by atoms with E-state index in [1.165, 1.54) is 16.9 Å². The highest BCUT2D eigenvalue weighted by Gasteiger charge is 2.25. The van der Waals surface area contributed by atoms with E-state index in [9.17, 15) is 4.79 Å². The van der Waals surface area contributed by atoms with E-state index in [0.29, 0.717) is 11.6 Å². The Bertz CT molecular complexity index is 855. The van der Waals surface area contributed by atoms with Crippen LogP contribution in [-0.4, -0.2) is 33.9 Å². The van der Waals surface area contributed by atoms with Gasteiger partial charge in [-0.15, -0.1) is 11.3 Å². The zero-order chi connectivity index (χ0) is 17.8. The first kappa shape index (κ1) is 16.9. The van der Waals surface area contributed by atoms with E-state index < -0.39 is 0 Å². The normalized spacial score (nSPS) is 15.2. The van der Waals surface area contributed by atoms with Crippen molar-refractivity contribution in [3.8, 4) is 10.6 Å². The van der Waals surface area contributed by atoms with Crippen molar-refractivity contribution in [3.63, 3.8) is 0 Å². The van der Waals surface area contributed by atoms with E-state index in [1.54, 1.807) is 12.4 Å². The molecule has 26 heavy (non-hydrogen) atoms. The minimum absolute atomic E-state index is 0.0505. The second kappa shape index (κ2) is 7.79. The summed E-state index contributed by atoms with van der Waals surface area (Å²) in [6, 6.07) is 14.5. The van der Waals surface area contributed by atoms with Crippen molar-refractivity contribution in [2.24, 2.45) is 5.92 Å². The highest BCUT2D eigenvalue weighted by Crippen LogP contribution is 2.26. The van der Waals surface area contributed by atoms with Gasteiger partial charge in [0.2, 0.25) is 0 Å². The Hall–Kier alpha value is -2.53. The molecule has 0 unspecified atom stereocenters. The molecule has 0 atom stereocenters. The molecule has 1 aliphatic heterocycles. The molecule has 1 aliphatic rings. The van der Waals surface area contributed by atoms with Crippen molar-refractivity contribution in [2.45, 2.75) is 19.3 Å². The summed E-state index contributed by atoms with van der Waals surface area (Å²) in [5, 5.41) is 2.71. The van der Waals surface area contributed by atoms with Crippen LogP contribution in [0.5, 0.6) is 0 Å². The first-order valence-electron chi connectivity index (χ1n) is 8.99. The second-order valence-electron chi connectivity index (χ2n) is 6.70. The highest BCUT2D eigenvalue weighted by atomic mass is 32.1. The molecule has 132 valence electrons. The number of piperidine rings is 1.